The summed E-state index contributed by atoms with van der Waals surface area (Å²) in [4.78, 5) is 23.6. The van der Waals surface area contributed by atoms with Crippen molar-refractivity contribution < 1.29 is 0 Å². The van der Waals surface area contributed by atoms with Gasteiger partial charge in [0.2, 0.25) is 0 Å². The Morgan fingerprint density at radius 2 is 1.61 bits per heavy atom. The lowest BCUT2D eigenvalue weighted by atomic mass is 10.0. The third kappa shape index (κ3) is 1.90. The molecule has 94 valence electrons. The zero-order valence-electron chi connectivity index (χ0n) is 11.0. The number of hydrogen-bond acceptors (Lipinski definition) is 2. The minimum Gasteiger partial charge on any atom is -0.296 e. The summed E-state index contributed by atoms with van der Waals surface area (Å²) < 4.78 is 2.60. The number of aromatic nitrogens is 2. The maximum Gasteiger partial charge on any atom is 0.330 e. The summed E-state index contributed by atoms with van der Waals surface area (Å²) in [5.41, 5.74) is 3.19. The predicted molar refractivity (Wildman–Crippen MR) is 71.8 cm³/mol. The first-order valence-corrected chi connectivity index (χ1v) is 5.76. The van der Waals surface area contributed by atoms with Crippen molar-refractivity contribution in [2.24, 2.45) is 14.1 Å². The second kappa shape index (κ2) is 4.29. The van der Waals surface area contributed by atoms with E-state index in [2.05, 4.69) is 0 Å². The van der Waals surface area contributed by atoms with E-state index in [0.717, 1.165) is 21.3 Å². The van der Waals surface area contributed by atoms with Crippen LogP contribution in [-0.2, 0) is 14.1 Å². The molecular weight excluding hydrogens is 228 g/mol. The van der Waals surface area contributed by atoms with Crippen molar-refractivity contribution in [1.82, 2.24) is 9.13 Å². The Labute approximate surface area is 105 Å². The highest BCUT2D eigenvalue weighted by molar-refractivity contribution is 5.64. The Hall–Kier alpha value is -2.10. The SMILES string of the molecule is Cc1ccc(-c2cc(=O)n(C)c(=O)n2C)c(C)c1. The number of rotatable bonds is 1. The standard InChI is InChI=1S/C14H16N2O2/c1-9-5-6-11(10(2)7-9)12-8-13(17)16(4)14(18)15(12)3/h5-8H,1-4H3. The van der Waals surface area contributed by atoms with Crippen LogP contribution < -0.4 is 11.2 Å². The molecule has 0 bridgehead atoms. The van der Waals surface area contributed by atoms with E-state index in [0.29, 0.717) is 5.69 Å². The Morgan fingerprint density at radius 3 is 2.22 bits per heavy atom. The monoisotopic (exact) mass is 244 g/mol. The van der Waals surface area contributed by atoms with Crippen molar-refractivity contribution in [3.05, 3.63) is 56.2 Å². The molecule has 0 fully saturated rings. The van der Waals surface area contributed by atoms with Crippen LogP contribution in [0, 0.1) is 13.8 Å². The summed E-state index contributed by atoms with van der Waals surface area (Å²) >= 11 is 0. The maximum atomic E-state index is 11.9. The van der Waals surface area contributed by atoms with Crippen LogP contribution in [0.1, 0.15) is 11.1 Å². The zero-order chi connectivity index (χ0) is 13.4. The van der Waals surface area contributed by atoms with Gasteiger partial charge in [0, 0.05) is 25.7 Å². The molecule has 2 aromatic rings. The van der Waals surface area contributed by atoms with Crippen LogP contribution >= 0.6 is 0 Å². The van der Waals surface area contributed by atoms with Gasteiger partial charge in [0.1, 0.15) is 0 Å². The molecule has 0 unspecified atom stereocenters. The highest BCUT2D eigenvalue weighted by atomic mass is 16.2. The summed E-state index contributed by atoms with van der Waals surface area (Å²) in [6.45, 7) is 3.99. The zero-order valence-corrected chi connectivity index (χ0v) is 11.0. The number of benzene rings is 1. The molecular formula is C14H16N2O2. The van der Waals surface area contributed by atoms with Crippen LogP contribution in [-0.4, -0.2) is 9.13 Å². The molecule has 1 aromatic heterocycles. The van der Waals surface area contributed by atoms with E-state index in [1.165, 1.54) is 17.7 Å². The molecule has 0 amide bonds. The molecule has 0 spiro atoms. The van der Waals surface area contributed by atoms with E-state index in [9.17, 15) is 9.59 Å². The van der Waals surface area contributed by atoms with Crippen LogP contribution in [0.15, 0.2) is 33.9 Å². The first-order valence-electron chi connectivity index (χ1n) is 5.76. The van der Waals surface area contributed by atoms with Crippen molar-refractivity contribution in [2.45, 2.75) is 13.8 Å². The number of nitrogens with zero attached hydrogens (tertiary/aromatic N) is 2. The van der Waals surface area contributed by atoms with Gasteiger partial charge in [-0.25, -0.2) is 4.79 Å². The van der Waals surface area contributed by atoms with Gasteiger partial charge >= 0.3 is 5.69 Å². The van der Waals surface area contributed by atoms with E-state index in [4.69, 9.17) is 0 Å². The summed E-state index contributed by atoms with van der Waals surface area (Å²) in [6, 6.07) is 7.46. The highest BCUT2D eigenvalue weighted by Gasteiger charge is 2.09. The fraction of sp³-hybridized carbons (Fsp3) is 0.286. The topological polar surface area (TPSA) is 44.0 Å². The molecule has 1 aromatic carbocycles. The lowest BCUT2D eigenvalue weighted by Gasteiger charge is -2.12. The molecule has 4 nitrogen and oxygen atoms in total. The molecule has 0 N–H and O–H groups in total. The molecule has 0 saturated heterocycles. The van der Waals surface area contributed by atoms with Gasteiger partial charge in [-0.2, -0.15) is 0 Å². The Balaban J connectivity index is 2.80. The Bertz CT molecular complexity index is 724. The van der Waals surface area contributed by atoms with Crippen molar-refractivity contribution in [3.8, 4) is 11.3 Å². The van der Waals surface area contributed by atoms with E-state index in [1.54, 1.807) is 7.05 Å². The maximum absolute atomic E-state index is 11.9. The molecule has 0 aliphatic heterocycles. The number of aryl methyl sites for hydroxylation is 2. The second-order valence-electron chi connectivity index (χ2n) is 4.59. The lowest BCUT2D eigenvalue weighted by molar-refractivity contribution is 0.691. The average Bonchev–Trinajstić information content (AvgIpc) is 2.32. The van der Waals surface area contributed by atoms with Crippen LogP contribution in [0.25, 0.3) is 11.3 Å². The van der Waals surface area contributed by atoms with Crippen LogP contribution in [0.4, 0.5) is 0 Å². The van der Waals surface area contributed by atoms with Crippen molar-refractivity contribution >= 4 is 0 Å². The summed E-state index contributed by atoms with van der Waals surface area (Å²) in [5.74, 6) is 0. The highest BCUT2D eigenvalue weighted by Crippen LogP contribution is 2.21. The first-order chi connectivity index (χ1) is 8.41. The normalized spacial score (nSPS) is 10.7. The summed E-state index contributed by atoms with van der Waals surface area (Å²) in [5, 5.41) is 0. The van der Waals surface area contributed by atoms with E-state index in [-0.39, 0.29) is 11.2 Å². The molecule has 2 rings (SSSR count). The molecule has 18 heavy (non-hydrogen) atoms. The Kier molecular flexibility index (Phi) is 2.95. The van der Waals surface area contributed by atoms with Gasteiger partial charge < -0.3 is 0 Å². The van der Waals surface area contributed by atoms with Crippen LogP contribution in [0.3, 0.4) is 0 Å². The van der Waals surface area contributed by atoms with E-state index < -0.39 is 0 Å². The summed E-state index contributed by atoms with van der Waals surface area (Å²) in [6.07, 6.45) is 0. The van der Waals surface area contributed by atoms with Gasteiger partial charge in [0.25, 0.3) is 5.56 Å². The van der Waals surface area contributed by atoms with Gasteiger partial charge in [-0.3, -0.25) is 13.9 Å². The quantitative estimate of drug-likeness (QED) is 0.760. The minimum absolute atomic E-state index is 0.284. The third-order valence-corrected chi connectivity index (χ3v) is 3.18. The van der Waals surface area contributed by atoms with Crippen LogP contribution in [0.5, 0.6) is 0 Å². The molecule has 0 radical (unpaired) electrons. The second-order valence-corrected chi connectivity index (χ2v) is 4.59. The Morgan fingerprint density at radius 1 is 0.944 bits per heavy atom. The van der Waals surface area contributed by atoms with Crippen LogP contribution in [0.2, 0.25) is 0 Å². The molecule has 0 saturated carbocycles. The predicted octanol–water partition coefficient (Wildman–Crippen LogP) is 1.37. The summed E-state index contributed by atoms with van der Waals surface area (Å²) in [7, 11) is 3.16. The van der Waals surface area contributed by atoms with Crippen molar-refractivity contribution in [1.29, 1.82) is 0 Å². The molecule has 4 heteroatoms. The van der Waals surface area contributed by atoms with Gasteiger partial charge in [0.15, 0.2) is 0 Å². The third-order valence-electron chi connectivity index (χ3n) is 3.18. The van der Waals surface area contributed by atoms with Gasteiger partial charge in [-0.15, -0.1) is 0 Å². The first kappa shape index (κ1) is 12.4. The number of hydrogen-bond donors (Lipinski definition) is 0. The fourth-order valence-electron chi connectivity index (χ4n) is 2.09. The van der Waals surface area contributed by atoms with Gasteiger partial charge in [-0.05, 0) is 19.4 Å². The van der Waals surface area contributed by atoms with Gasteiger partial charge in [0.05, 0.1) is 5.69 Å². The molecule has 1 heterocycles. The van der Waals surface area contributed by atoms with Gasteiger partial charge in [-0.1, -0.05) is 23.8 Å². The average molecular weight is 244 g/mol. The van der Waals surface area contributed by atoms with Crippen molar-refractivity contribution in [2.75, 3.05) is 0 Å². The lowest BCUT2D eigenvalue weighted by Crippen LogP contribution is -2.37. The van der Waals surface area contributed by atoms with E-state index >= 15 is 0 Å². The molecule has 0 atom stereocenters. The molecule has 0 aliphatic carbocycles. The largest absolute Gasteiger partial charge is 0.330 e. The van der Waals surface area contributed by atoms with E-state index in [1.807, 2.05) is 32.0 Å². The molecule has 0 aliphatic rings. The minimum atomic E-state index is -0.308. The fourth-order valence-corrected chi connectivity index (χ4v) is 2.09. The van der Waals surface area contributed by atoms with Crippen molar-refractivity contribution in [3.63, 3.8) is 0 Å². The smallest absolute Gasteiger partial charge is 0.296 e.